The van der Waals surface area contributed by atoms with E-state index < -0.39 is 0 Å². The molecule has 0 heterocycles. The third kappa shape index (κ3) is 5.80. The Hall–Kier alpha value is -8.98. The Bertz CT molecular complexity index is 4330. The molecule has 0 bridgehead atoms. The van der Waals surface area contributed by atoms with Gasteiger partial charge >= 0.3 is 0 Å². The highest BCUT2D eigenvalue weighted by atomic mass is 15.2. The largest absolute Gasteiger partial charge is 0.309 e. The number of para-hydroxylation sites is 4. The summed E-state index contributed by atoms with van der Waals surface area (Å²) in [4.78, 5) is 4.98. The van der Waals surface area contributed by atoms with Crippen LogP contribution in [-0.4, -0.2) is 0 Å². The summed E-state index contributed by atoms with van der Waals surface area (Å²) in [6.45, 7) is 4.44. The van der Waals surface area contributed by atoms with Crippen LogP contribution in [0.3, 0.4) is 0 Å². The van der Waals surface area contributed by atoms with E-state index in [9.17, 15) is 0 Å². The van der Waals surface area contributed by atoms with E-state index in [1.54, 1.807) is 0 Å². The highest BCUT2D eigenvalue weighted by Crippen LogP contribution is 2.56. The van der Waals surface area contributed by atoms with Crippen LogP contribution in [0, 0.1) is 13.8 Å². The molecule has 2 nitrogen and oxygen atoms in total. The Morgan fingerprint density at radius 1 is 0.214 bits per heavy atom. The second kappa shape index (κ2) is 15.8. The van der Waals surface area contributed by atoms with Crippen molar-refractivity contribution in [3.8, 4) is 11.1 Å². The molecule has 0 saturated heterocycles. The van der Waals surface area contributed by atoms with Crippen LogP contribution < -0.4 is 9.80 Å². The zero-order valence-corrected chi connectivity index (χ0v) is 39.0. The Morgan fingerprint density at radius 2 is 0.500 bits per heavy atom. The molecule has 0 radical (unpaired) electrons. The fourth-order valence-corrected chi connectivity index (χ4v) is 12.1. The Morgan fingerprint density at radius 3 is 0.986 bits per heavy atom. The molecule has 0 aromatic heterocycles. The van der Waals surface area contributed by atoms with Gasteiger partial charge in [-0.05, 0) is 132 Å². The van der Waals surface area contributed by atoms with Gasteiger partial charge in [-0.15, -0.1) is 0 Å². The molecule has 0 aliphatic carbocycles. The number of rotatable bonds is 7. The van der Waals surface area contributed by atoms with Gasteiger partial charge in [0.15, 0.2) is 0 Å². The van der Waals surface area contributed by atoms with E-state index in [2.05, 4.69) is 266 Å². The summed E-state index contributed by atoms with van der Waals surface area (Å²) in [5, 5.41) is 20.1. The molecule has 70 heavy (non-hydrogen) atoms. The summed E-state index contributed by atoms with van der Waals surface area (Å²) in [5.74, 6) is 0. The first-order chi connectivity index (χ1) is 34.7. The van der Waals surface area contributed by atoms with Crippen molar-refractivity contribution < 1.29 is 0 Å². The third-order valence-corrected chi connectivity index (χ3v) is 15.0. The average Bonchev–Trinajstić information content (AvgIpc) is 3.42. The van der Waals surface area contributed by atoms with Gasteiger partial charge in [-0.3, -0.25) is 0 Å². The second-order valence-corrected chi connectivity index (χ2v) is 18.8. The molecule has 0 fully saturated rings. The monoisotopic (exact) mass is 890 g/mol. The molecule has 0 spiro atoms. The van der Waals surface area contributed by atoms with Crippen molar-refractivity contribution >= 4 is 120 Å². The maximum absolute atomic E-state index is 2.50. The summed E-state index contributed by atoms with van der Waals surface area (Å²) >= 11 is 0. The molecule has 0 unspecified atom stereocenters. The zero-order chi connectivity index (χ0) is 46.5. The fraction of sp³-hybridized carbons (Fsp3) is 0.0294. The molecule has 0 atom stereocenters. The number of benzene rings is 14. The van der Waals surface area contributed by atoms with Crippen LogP contribution in [0.15, 0.2) is 243 Å². The third-order valence-electron chi connectivity index (χ3n) is 15.0. The van der Waals surface area contributed by atoms with Crippen LogP contribution >= 0.6 is 0 Å². The van der Waals surface area contributed by atoms with E-state index in [0.717, 1.165) is 17.1 Å². The smallest absolute Gasteiger partial charge is 0.0619 e. The number of nitrogens with zero attached hydrogens (tertiary/aromatic N) is 2. The van der Waals surface area contributed by atoms with Crippen LogP contribution in [0.5, 0.6) is 0 Å². The maximum atomic E-state index is 2.50. The highest BCUT2D eigenvalue weighted by molar-refractivity contribution is 6.46. The minimum absolute atomic E-state index is 1.13. The Labute approximate surface area is 406 Å². The van der Waals surface area contributed by atoms with E-state index in [1.165, 1.54) is 125 Å². The number of aryl methyl sites for hydroxylation is 2. The summed E-state index contributed by atoms with van der Waals surface area (Å²) < 4.78 is 0. The van der Waals surface area contributed by atoms with Crippen LogP contribution in [0.25, 0.3) is 97.3 Å². The van der Waals surface area contributed by atoms with Crippen molar-refractivity contribution in [3.63, 3.8) is 0 Å². The van der Waals surface area contributed by atoms with Gasteiger partial charge in [0, 0.05) is 49.7 Å². The first-order valence-electron chi connectivity index (χ1n) is 24.4. The van der Waals surface area contributed by atoms with Crippen LogP contribution in [0.2, 0.25) is 0 Å². The lowest BCUT2D eigenvalue weighted by atomic mass is 9.80. The first-order valence-corrected chi connectivity index (χ1v) is 24.4. The minimum atomic E-state index is 1.13. The van der Waals surface area contributed by atoms with Crippen LogP contribution in [-0.2, 0) is 0 Å². The molecule has 328 valence electrons. The van der Waals surface area contributed by atoms with Crippen molar-refractivity contribution in [1.29, 1.82) is 0 Å². The summed E-state index contributed by atoms with van der Waals surface area (Å²) in [5.41, 5.74) is 11.9. The molecule has 14 aromatic carbocycles. The highest BCUT2D eigenvalue weighted by Gasteiger charge is 2.29. The molecule has 0 N–H and O–H groups in total. The summed E-state index contributed by atoms with van der Waals surface area (Å²) in [7, 11) is 0. The summed E-state index contributed by atoms with van der Waals surface area (Å²) in [6, 6.07) is 89.9. The zero-order valence-electron chi connectivity index (χ0n) is 39.0. The normalized spacial score (nSPS) is 11.9. The predicted octanol–water partition coefficient (Wildman–Crippen LogP) is 19.6. The number of anilines is 6. The number of hydrogen-bond acceptors (Lipinski definition) is 2. The van der Waals surface area contributed by atoms with Gasteiger partial charge in [0.05, 0.1) is 11.4 Å². The van der Waals surface area contributed by atoms with E-state index >= 15 is 0 Å². The molecular weight excluding hydrogens is 845 g/mol. The molecule has 2 heteroatoms. The number of fused-ring (bicyclic) bond motifs is 8. The molecule has 0 saturated carbocycles. The SMILES string of the molecule is Cc1ccccc1N(c1ccccc1)c1c2ccccc2c(-c2c3ccccc3c3c4c2cccc4c2cccc4c(N(c5ccccc5)c5ccccc5C)c5ccccc5c3c42)c2ccccc12. The van der Waals surface area contributed by atoms with E-state index in [0.29, 0.717) is 0 Å². The van der Waals surface area contributed by atoms with E-state index in [-0.39, 0.29) is 0 Å². The van der Waals surface area contributed by atoms with Gasteiger partial charge in [0.25, 0.3) is 0 Å². The Balaban J connectivity index is 1.15. The van der Waals surface area contributed by atoms with Crippen molar-refractivity contribution in [1.82, 2.24) is 0 Å². The van der Waals surface area contributed by atoms with Gasteiger partial charge in [-0.1, -0.05) is 206 Å². The minimum Gasteiger partial charge on any atom is -0.309 e. The summed E-state index contributed by atoms with van der Waals surface area (Å²) in [6.07, 6.45) is 0. The fourth-order valence-electron chi connectivity index (χ4n) is 12.1. The van der Waals surface area contributed by atoms with Gasteiger partial charge in [0.1, 0.15) is 0 Å². The van der Waals surface area contributed by atoms with Crippen molar-refractivity contribution in [3.05, 3.63) is 254 Å². The van der Waals surface area contributed by atoms with E-state index in [4.69, 9.17) is 0 Å². The topological polar surface area (TPSA) is 6.48 Å². The molecule has 0 aliphatic rings. The molecule has 0 amide bonds. The van der Waals surface area contributed by atoms with Crippen molar-refractivity contribution in [2.45, 2.75) is 13.8 Å². The van der Waals surface area contributed by atoms with Crippen molar-refractivity contribution in [2.24, 2.45) is 0 Å². The van der Waals surface area contributed by atoms with Gasteiger partial charge < -0.3 is 9.80 Å². The van der Waals surface area contributed by atoms with Gasteiger partial charge in [-0.2, -0.15) is 0 Å². The quantitative estimate of drug-likeness (QED) is 0.116. The average molecular weight is 891 g/mol. The maximum Gasteiger partial charge on any atom is 0.0619 e. The standard InChI is InChI=1S/C68H46N2/c1-43-23-9-19-41-59(43)69(45-25-5-3-6-26-45)67-54-34-16-13-31-51(54)61(52-32-14-17-35-55(52)67)62-47-29-11-12-30-50(47)65-63-48(37-21-39-57(62)63)49-38-22-40-58-64(49)66(65)53-33-15-18-36-56(53)68(58)70(46-27-7-4-8-28-46)60-42-20-10-24-44(60)2/h3-42H,1-2H3. The van der Waals surface area contributed by atoms with Crippen LogP contribution in [0.1, 0.15) is 11.1 Å². The predicted molar refractivity (Wildman–Crippen MR) is 302 cm³/mol. The van der Waals surface area contributed by atoms with Gasteiger partial charge in [0.2, 0.25) is 0 Å². The van der Waals surface area contributed by atoms with Crippen molar-refractivity contribution in [2.75, 3.05) is 9.80 Å². The Kier molecular flexibility index (Phi) is 9.06. The number of hydrogen-bond donors (Lipinski definition) is 0. The lowest BCUT2D eigenvalue weighted by Gasteiger charge is -2.31. The lowest BCUT2D eigenvalue weighted by Crippen LogP contribution is -2.12. The molecular formula is C68H46N2. The van der Waals surface area contributed by atoms with Crippen LogP contribution in [0.4, 0.5) is 34.1 Å². The molecule has 0 aliphatic heterocycles. The second-order valence-electron chi connectivity index (χ2n) is 18.8. The van der Waals surface area contributed by atoms with Gasteiger partial charge in [-0.25, -0.2) is 0 Å². The lowest BCUT2D eigenvalue weighted by molar-refractivity contribution is 1.27. The molecule has 14 aromatic rings. The van der Waals surface area contributed by atoms with E-state index in [1.807, 2.05) is 0 Å². The first kappa shape index (κ1) is 40.1. The molecule has 14 rings (SSSR count).